The first-order chi connectivity index (χ1) is 12.0. The number of nitrogens with one attached hydrogen (secondary N) is 1. The van der Waals surface area contributed by atoms with Crippen molar-refractivity contribution in [1.29, 1.82) is 0 Å². The Kier molecular flexibility index (Phi) is 7.87. The van der Waals surface area contributed by atoms with Gasteiger partial charge in [0.05, 0.1) is 4.90 Å². The van der Waals surface area contributed by atoms with E-state index in [0.717, 1.165) is 37.7 Å². The molecule has 1 aromatic carbocycles. The zero-order chi connectivity index (χ0) is 18.1. The number of carbonyl (C=O) groups excluding carboxylic acids is 1. The predicted molar refractivity (Wildman–Crippen MR) is 98.7 cm³/mol. The van der Waals surface area contributed by atoms with Gasteiger partial charge in [-0.3, -0.25) is 4.79 Å². The van der Waals surface area contributed by atoms with Crippen LogP contribution in [-0.2, 0) is 21.2 Å². The number of carbonyl (C=O) groups is 1. The SMILES string of the molecule is NCCCNC(=O)CCc1ccc(S(=O)(=O)N2CCCCCC2)cc1. The van der Waals surface area contributed by atoms with E-state index in [2.05, 4.69) is 5.32 Å². The van der Waals surface area contributed by atoms with Gasteiger partial charge in [0.25, 0.3) is 0 Å². The van der Waals surface area contributed by atoms with Gasteiger partial charge in [-0.2, -0.15) is 4.31 Å². The zero-order valence-corrected chi connectivity index (χ0v) is 15.6. The van der Waals surface area contributed by atoms with Gasteiger partial charge in [0.1, 0.15) is 0 Å². The van der Waals surface area contributed by atoms with Crippen molar-refractivity contribution in [2.24, 2.45) is 5.73 Å². The van der Waals surface area contributed by atoms with E-state index in [-0.39, 0.29) is 5.91 Å². The molecule has 1 fully saturated rings. The van der Waals surface area contributed by atoms with Gasteiger partial charge in [-0.15, -0.1) is 0 Å². The summed E-state index contributed by atoms with van der Waals surface area (Å²) in [4.78, 5) is 12.0. The molecule has 0 spiro atoms. The second kappa shape index (κ2) is 9.89. The molecule has 1 amide bonds. The number of rotatable bonds is 8. The van der Waals surface area contributed by atoms with Crippen LogP contribution in [0.2, 0.25) is 0 Å². The molecule has 0 aliphatic carbocycles. The average molecular weight is 368 g/mol. The molecule has 1 aliphatic rings. The van der Waals surface area contributed by atoms with Crippen molar-refractivity contribution in [2.45, 2.75) is 49.8 Å². The molecule has 1 saturated heterocycles. The lowest BCUT2D eigenvalue weighted by Crippen LogP contribution is -2.31. The molecule has 7 heteroatoms. The minimum Gasteiger partial charge on any atom is -0.356 e. The van der Waals surface area contributed by atoms with E-state index in [1.807, 2.05) is 0 Å². The van der Waals surface area contributed by atoms with Crippen molar-refractivity contribution >= 4 is 15.9 Å². The van der Waals surface area contributed by atoms with Crippen LogP contribution in [-0.4, -0.2) is 44.8 Å². The largest absolute Gasteiger partial charge is 0.356 e. The molecule has 0 unspecified atom stereocenters. The van der Waals surface area contributed by atoms with Crippen molar-refractivity contribution in [3.05, 3.63) is 29.8 Å². The minimum absolute atomic E-state index is 0.00489. The summed E-state index contributed by atoms with van der Waals surface area (Å²) in [6.07, 6.45) is 5.81. The van der Waals surface area contributed by atoms with E-state index in [1.54, 1.807) is 28.6 Å². The van der Waals surface area contributed by atoms with Gasteiger partial charge in [-0.1, -0.05) is 25.0 Å². The van der Waals surface area contributed by atoms with Crippen molar-refractivity contribution in [2.75, 3.05) is 26.2 Å². The summed E-state index contributed by atoms with van der Waals surface area (Å²) < 4.78 is 27.0. The molecule has 0 radical (unpaired) electrons. The first kappa shape index (κ1) is 19.9. The molecule has 1 aliphatic heterocycles. The summed E-state index contributed by atoms with van der Waals surface area (Å²) in [7, 11) is -3.41. The minimum atomic E-state index is -3.41. The quantitative estimate of drug-likeness (QED) is 0.683. The molecule has 0 saturated carbocycles. The van der Waals surface area contributed by atoms with Gasteiger partial charge in [0.15, 0.2) is 0 Å². The van der Waals surface area contributed by atoms with Crippen LogP contribution in [0, 0.1) is 0 Å². The summed E-state index contributed by atoms with van der Waals surface area (Å²) in [5.74, 6) is -0.00489. The van der Waals surface area contributed by atoms with Crippen LogP contribution in [0.3, 0.4) is 0 Å². The Morgan fingerprint density at radius 2 is 1.72 bits per heavy atom. The van der Waals surface area contributed by atoms with Crippen LogP contribution in [0.5, 0.6) is 0 Å². The van der Waals surface area contributed by atoms with Crippen LogP contribution in [0.15, 0.2) is 29.2 Å². The second-order valence-electron chi connectivity index (χ2n) is 6.45. The highest BCUT2D eigenvalue weighted by Gasteiger charge is 2.24. The number of nitrogens with zero attached hydrogens (tertiary/aromatic N) is 1. The highest BCUT2D eigenvalue weighted by atomic mass is 32.2. The zero-order valence-electron chi connectivity index (χ0n) is 14.7. The summed E-state index contributed by atoms with van der Waals surface area (Å²) in [5, 5.41) is 2.82. The molecular weight excluding hydrogens is 338 g/mol. The molecule has 0 aromatic heterocycles. The smallest absolute Gasteiger partial charge is 0.243 e. The van der Waals surface area contributed by atoms with E-state index >= 15 is 0 Å². The normalized spacial score (nSPS) is 16.4. The fourth-order valence-corrected chi connectivity index (χ4v) is 4.45. The van der Waals surface area contributed by atoms with Crippen LogP contribution in [0.1, 0.15) is 44.1 Å². The number of aryl methyl sites for hydroxylation is 1. The highest BCUT2D eigenvalue weighted by molar-refractivity contribution is 7.89. The molecule has 6 nitrogen and oxygen atoms in total. The maximum Gasteiger partial charge on any atom is 0.243 e. The Balaban J connectivity index is 1.91. The van der Waals surface area contributed by atoms with E-state index < -0.39 is 10.0 Å². The van der Waals surface area contributed by atoms with Gasteiger partial charge in [-0.25, -0.2) is 8.42 Å². The Bertz CT molecular complexity index is 636. The summed E-state index contributed by atoms with van der Waals surface area (Å²) >= 11 is 0. The molecular formula is C18H29N3O3S. The van der Waals surface area contributed by atoms with Crippen molar-refractivity contribution < 1.29 is 13.2 Å². The first-order valence-corrected chi connectivity index (χ1v) is 10.5. The maximum absolute atomic E-state index is 12.7. The Labute approximate surface area is 150 Å². The lowest BCUT2D eigenvalue weighted by Gasteiger charge is -2.20. The highest BCUT2D eigenvalue weighted by Crippen LogP contribution is 2.21. The van der Waals surface area contributed by atoms with Crippen molar-refractivity contribution in [3.8, 4) is 0 Å². The molecule has 1 heterocycles. The molecule has 2 rings (SSSR count). The predicted octanol–water partition coefficient (Wildman–Crippen LogP) is 1.65. The van der Waals surface area contributed by atoms with E-state index in [1.165, 1.54) is 0 Å². The number of sulfonamides is 1. The molecule has 0 atom stereocenters. The Hall–Kier alpha value is -1.44. The van der Waals surface area contributed by atoms with Gasteiger partial charge < -0.3 is 11.1 Å². The van der Waals surface area contributed by atoms with Crippen LogP contribution in [0.25, 0.3) is 0 Å². The van der Waals surface area contributed by atoms with Gasteiger partial charge in [0.2, 0.25) is 15.9 Å². The third-order valence-corrected chi connectivity index (χ3v) is 6.38. The Morgan fingerprint density at radius 1 is 1.08 bits per heavy atom. The third kappa shape index (κ3) is 6.09. The number of hydrogen-bond acceptors (Lipinski definition) is 4. The van der Waals surface area contributed by atoms with Gasteiger partial charge in [-0.05, 0) is 49.9 Å². The van der Waals surface area contributed by atoms with E-state index in [9.17, 15) is 13.2 Å². The van der Waals surface area contributed by atoms with Crippen LogP contribution < -0.4 is 11.1 Å². The molecule has 3 N–H and O–H groups in total. The summed E-state index contributed by atoms with van der Waals surface area (Å²) in [6.45, 7) is 2.37. The average Bonchev–Trinajstić information content (AvgIpc) is 2.90. The second-order valence-corrected chi connectivity index (χ2v) is 8.39. The monoisotopic (exact) mass is 367 g/mol. The van der Waals surface area contributed by atoms with Crippen LogP contribution >= 0.6 is 0 Å². The lowest BCUT2D eigenvalue weighted by atomic mass is 10.1. The third-order valence-electron chi connectivity index (χ3n) is 4.47. The number of hydrogen-bond donors (Lipinski definition) is 2. The van der Waals surface area contributed by atoms with Gasteiger partial charge in [0, 0.05) is 26.1 Å². The lowest BCUT2D eigenvalue weighted by molar-refractivity contribution is -0.121. The van der Waals surface area contributed by atoms with Gasteiger partial charge >= 0.3 is 0 Å². The fourth-order valence-electron chi connectivity index (χ4n) is 2.94. The maximum atomic E-state index is 12.7. The van der Waals surface area contributed by atoms with Crippen LogP contribution in [0.4, 0.5) is 0 Å². The fraction of sp³-hybridized carbons (Fsp3) is 0.611. The number of amides is 1. The summed E-state index contributed by atoms with van der Waals surface area (Å²) in [5.41, 5.74) is 6.35. The number of nitrogens with two attached hydrogens (primary N) is 1. The molecule has 25 heavy (non-hydrogen) atoms. The van der Waals surface area contributed by atoms with E-state index in [0.29, 0.717) is 43.9 Å². The van der Waals surface area contributed by atoms with Crippen molar-refractivity contribution in [1.82, 2.24) is 9.62 Å². The topological polar surface area (TPSA) is 92.5 Å². The molecule has 140 valence electrons. The van der Waals surface area contributed by atoms with Crippen molar-refractivity contribution in [3.63, 3.8) is 0 Å². The standard InChI is InChI=1S/C18H29N3O3S/c19-12-5-13-20-18(22)11-8-16-6-9-17(10-7-16)25(23,24)21-14-3-1-2-4-15-21/h6-7,9-10H,1-5,8,11-15,19H2,(H,20,22). The number of benzene rings is 1. The Morgan fingerprint density at radius 3 is 2.32 bits per heavy atom. The first-order valence-electron chi connectivity index (χ1n) is 9.10. The molecule has 0 bridgehead atoms. The molecule has 1 aromatic rings. The van der Waals surface area contributed by atoms with E-state index in [4.69, 9.17) is 5.73 Å². The summed E-state index contributed by atoms with van der Waals surface area (Å²) in [6, 6.07) is 6.92.